The number of carbonyl (C=O) groups excluding carboxylic acids is 1. The lowest BCUT2D eigenvalue weighted by Gasteiger charge is -2.43. The normalized spacial score (nSPS) is 19.4. The summed E-state index contributed by atoms with van der Waals surface area (Å²) in [7, 11) is -0.672. The van der Waals surface area contributed by atoms with Crippen molar-refractivity contribution in [2.75, 3.05) is 14.2 Å². The highest BCUT2D eigenvalue weighted by atomic mass is 28.4. The molecule has 1 radical (unpaired) electrons. The van der Waals surface area contributed by atoms with Crippen molar-refractivity contribution in [2.24, 2.45) is 0 Å². The molecule has 0 aliphatic rings. The monoisotopic (exact) mass is 375 g/mol. The summed E-state index contributed by atoms with van der Waals surface area (Å²) in [5.41, 5.74) is 0.913. The van der Waals surface area contributed by atoms with Crippen molar-refractivity contribution < 1.29 is 18.1 Å². The van der Waals surface area contributed by atoms with Gasteiger partial charge in [-0.3, -0.25) is 4.79 Å². The van der Waals surface area contributed by atoms with Crippen LogP contribution in [0.3, 0.4) is 0 Å². The molecule has 24 heavy (non-hydrogen) atoms. The summed E-state index contributed by atoms with van der Waals surface area (Å²) >= 11 is 0. The Labute approximate surface area is 152 Å². The molecule has 143 valence electrons. The molecule has 0 bridgehead atoms. The molecule has 0 rings (SSSR count). The maximum atomic E-state index is 13.3. The SMILES string of the molecule is CCC[Si](OC(=O)C(C)(CC)[Si](OC)OC)(C(C)CC)C(C)CC. The van der Waals surface area contributed by atoms with Crippen LogP contribution in [0.1, 0.15) is 74.1 Å². The summed E-state index contributed by atoms with van der Waals surface area (Å²) < 4.78 is 17.5. The van der Waals surface area contributed by atoms with Gasteiger partial charge in [-0.15, -0.1) is 0 Å². The molecular formula is C18H39O4Si2. The molecular weight excluding hydrogens is 336 g/mol. The third-order valence-corrected chi connectivity index (χ3v) is 14.0. The molecule has 0 aliphatic carbocycles. The van der Waals surface area contributed by atoms with Crippen molar-refractivity contribution in [2.45, 2.75) is 96.3 Å². The summed E-state index contributed by atoms with van der Waals surface area (Å²) in [5, 5.41) is -0.679. The second-order valence-corrected chi connectivity index (χ2v) is 14.2. The number of rotatable bonds is 12. The van der Waals surface area contributed by atoms with Gasteiger partial charge in [0.25, 0.3) is 14.3 Å². The molecule has 0 saturated heterocycles. The molecule has 0 heterocycles. The Morgan fingerprint density at radius 2 is 1.50 bits per heavy atom. The van der Waals surface area contributed by atoms with Gasteiger partial charge in [0.15, 0.2) is 0 Å². The number of hydrogen-bond acceptors (Lipinski definition) is 4. The van der Waals surface area contributed by atoms with Gasteiger partial charge < -0.3 is 13.3 Å². The zero-order valence-electron chi connectivity index (χ0n) is 17.3. The van der Waals surface area contributed by atoms with E-state index in [1.54, 1.807) is 14.2 Å². The fourth-order valence-corrected chi connectivity index (χ4v) is 10.4. The van der Waals surface area contributed by atoms with E-state index in [-0.39, 0.29) is 5.97 Å². The van der Waals surface area contributed by atoms with Crippen LogP contribution in [0.2, 0.25) is 22.2 Å². The summed E-state index contributed by atoms with van der Waals surface area (Å²) in [4.78, 5) is 13.3. The molecule has 0 N–H and O–H groups in total. The maximum Gasteiger partial charge on any atom is 0.402 e. The fourth-order valence-electron chi connectivity index (χ4n) is 3.50. The molecule has 6 heteroatoms. The van der Waals surface area contributed by atoms with E-state index in [0.29, 0.717) is 17.5 Å². The van der Waals surface area contributed by atoms with Crippen LogP contribution in [-0.2, 0) is 18.1 Å². The summed E-state index contributed by atoms with van der Waals surface area (Å²) in [5.74, 6) is -0.108. The Balaban J connectivity index is 5.80. The standard InChI is InChI=1S/C18H39O4Si2/c1-10-14-24(15(5)11-2,16(6)12-3)22-17(19)18(7,13-4)23(20-8)21-9/h15-16H,10-14H2,1-9H3. The number of carbonyl (C=O) groups is 1. The average Bonchev–Trinajstić information content (AvgIpc) is 2.60. The first-order valence-corrected chi connectivity index (χ1v) is 13.0. The van der Waals surface area contributed by atoms with E-state index in [2.05, 4.69) is 34.6 Å². The topological polar surface area (TPSA) is 44.8 Å². The van der Waals surface area contributed by atoms with E-state index in [0.717, 1.165) is 25.3 Å². The van der Waals surface area contributed by atoms with Gasteiger partial charge in [0.1, 0.15) is 5.04 Å². The fraction of sp³-hybridized carbons (Fsp3) is 0.944. The van der Waals surface area contributed by atoms with E-state index in [4.69, 9.17) is 13.3 Å². The van der Waals surface area contributed by atoms with Crippen molar-refractivity contribution in [3.05, 3.63) is 0 Å². The first-order valence-electron chi connectivity index (χ1n) is 9.42. The quantitative estimate of drug-likeness (QED) is 0.426. The van der Waals surface area contributed by atoms with E-state index >= 15 is 0 Å². The zero-order chi connectivity index (χ0) is 19.0. The first kappa shape index (κ1) is 23.8. The molecule has 0 fully saturated rings. The van der Waals surface area contributed by atoms with Crippen molar-refractivity contribution >= 4 is 23.6 Å². The largest absolute Gasteiger partial charge is 0.518 e. The van der Waals surface area contributed by atoms with Gasteiger partial charge in [0, 0.05) is 14.2 Å². The van der Waals surface area contributed by atoms with Gasteiger partial charge in [0.2, 0.25) is 0 Å². The second kappa shape index (κ2) is 10.7. The maximum absolute atomic E-state index is 13.3. The Morgan fingerprint density at radius 3 is 1.79 bits per heavy atom. The molecule has 3 atom stereocenters. The van der Waals surface area contributed by atoms with E-state index < -0.39 is 22.6 Å². The third-order valence-electron chi connectivity index (χ3n) is 5.80. The summed E-state index contributed by atoms with van der Waals surface area (Å²) in [6, 6.07) is 1.03. The molecule has 0 aromatic rings. The van der Waals surface area contributed by atoms with Gasteiger partial charge in [0.05, 0.1) is 0 Å². The van der Waals surface area contributed by atoms with Crippen LogP contribution < -0.4 is 0 Å². The lowest BCUT2D eigenvalue weighted by Crippen LogP contribution is -2.52. The molecule has 4 nitrogen and oxygen atoms in total. The molecule has 0 aromatic heterocycles. The van der Waals surface area contributed by atoms with E-state index in [1.165, 1.54) is 0 Å². The molecule has 0 aromatic carbocycles. The Bertz CT molecular complexity index is 364. The molecule has 0 saturated carbocycles. The minimum Gasteiger partial charge on any atom is -0.518 e. The molecule has 3 unspecified atom stereocenters. The van der Waals surface area contributed by atoms with Gasteiger partial charge in [-0.2, -0.15) is 0 Å². The lowest BCUT2D eigenvalue weighted by atomic mass is 10.1. The third kappa shape index (κ3) is 4.93. The average molecular weight is 376 g/mol. The minimum atomic E-state index is -2.21. The van der Waals surface area contributed by atoms with Crippen LogP contribution in [0.4, 0.5) is 0 Å². The van der Waals surface area contributed by atoms with Crippen LogP contribution >= 0.6 is 0 Å². The predicted molar refractivity (Wildman–Crippen MR) is 105 cm³/mol. The Kier molecular flexibility index (Phi) is 10.7. The predicted octanol–water partition coefficient (Wildman–Crippen LogP) is 5.44. The molecule has 0 spiro atoms. The second-order valence-electron chi connectivity index (χ2n) is 7.09. The van der Waals surface area contributed by atoms with Gasteiger partial charge in [-0.05, 0) is 30.5 Å². The smallest absolute Gasteiger partial charge is 0.402 e. The van der Waals surface area contributed by atoms with Crippen LogP contribution in [-0.4, -0.2) is 37.8 Å². The summed E-state index contributed by atoms with van der Waals surface area (Å²) in [6.07, 6.45) is 3.83. The van der Waals surface area contributed by atoms with Crippen LogP contribution in [0.25, 0.3) is 0 Å². The minimum absolute atomic E-state index is 0.108. The van der Waals surface area contributed by atoms with Gasteiger partial charge in [-0.1, -0.05) is 60.8 Å². The van der Waals surface area contributed by atoms with Gasteiger partial charge >= 0.3 is 9.28 Å². The van der Waals surface area contributed by atoms with Crippen LogP contribution in [0.5, 0.6) is 0 Å². The van der Waals surface area contributed by atoms with Crippen molar-refractivity contribution in [3.8, 4) is 0 Å². The van der Waals surface area contributed by atoms with Crippen LogP contribution in [0.15, 0.2) is 0 Å². The number of hydrogen-bond donors (Lipinski definition) is 0. The highest BCUT2D eigenvalue weighted by Gasteiger charge is 2.53. The highest BCUT2D eigenvalue weighted by molar-refractivity contribution is 6.78. The van der Waals surface area contributed by atoms with E-state index in [9.17, 15) is 4.79 Å². The van der Waals surface area contributed by atoms with Crippen molar-refractivity contribution in [3.63, 3.8) is 0 Å². The lowest BCUT2D eigenvalue weighted by molar-refractivity contribution is -0.139. The summed E-state index contributed by atoms with van der Waals surface area (Å²) in [6.45, 7) is 15.1. The Morgan fingerprint density at radius 1 is 1.04 bits per heavy atom. The van der Waals surface area contributed by atoms with Crippen molar-refractivity contribution in [1.29, 1.82) is 0 Å². The van der Waals surface area contributed by atoms with Crippen molar-refractivity contribution in [1.82, 2.24) is 0 Å². The zero-order valence-corrected chi connectivity index (χ0v) is 19.3. The molecule has 0 aliphatic heterocycles. The molecule has 0 amide bonds. The van der Waals surface area contributed by atoms with Crippen LogP contribution in [0, 0.1) is 0 Å². The highest BCUT2D eigenvalue weighted by Crippen LogP contribution is 2.45. The van der Waals surface area contributed by atoms with E-state index in [1.807, 2.05) is 13.8 Å². The Hall–Kier alpha value is -0.176. The van der Waals surface area contributed by atoms with Gasteiger partial charge in [-0.25, -0.2) is 0 Å². The first-order chi connectivity index (χ1) is 11.2.